The number of methoxy groups -OCH3 is 1. The highest BCUT2D eigenvalue weighted by atomic mass is 35.5. The van der Waals surface area contributed by atoms with Gasteiger partial charge in [-0.1, -0.05) is 11.6 Å². The minimum atomic E-state index is 0.427. The molecule has 0 spiro atoms. The summed E-state index contributed by atoms with van der Waals surface area (Å²) < 4.78 is 10.8. The van der Waals surface area contributed by atoms with Crippen molar-refractivity contribution >= 4 is 28.6 Å². The number of ether oxygens (including phenoxy) is 2. The Morgan fingerprint density at radius 1 is 1.29 bits per heavy atom. The highest BCUT2D eigenvalue weighted by Gasteiger charge is 2.07. The van der Waals surface area contributed by atoms with Crippen LogP contribution >= 0.6 is 22.9 Å². The number of benzene rings is 1. The van der Waals surface area contributed by atoms with Crippen molar-refractivity contribution in [3.8, 4) is 11.5 Å². The number of thiophene rings is 1. The maximum Gasteiger partial charge on any atom is 0.162 e. The van der Waals surface area contributed by atoms with Gasteiger partial charge in [0.15, 0.2) is 11.5 Å². The molecule has 2 rings (SSSR count). The van der Waals surface area contributed by atoms with Gasteiger partial charge < -0.3 is 15.2 Å². The number of anilines is 1. The summed E-state index contributed by atoms with van der Waals surface area (Å²) in [6, 6.07) is 7.14. The van der Waals surface area contributed by atoms with Crippen LogP contribution in [0.15, 0.2) is 29.6 Å². The summed E-state index contributed by atoms with van der Waals surface area (Å²) in [5, 5.41) is 2.66. The van der Waals surface area contributed by atoms with Crippen molar-refractivity contribution in [2.24, 2.45) is 0 Å². The average Bonchev–Trinajstić information content (AvgIpc) is 2.73. The molecule has 0 atom stereocenters. The van der Waals surface area contributed by atoms with E-state index in [0.29, 0.717) is 23.8 Å². The molecule has 0 radical (unpaired) electrons. The molecule has 0 unspecified atom stereocenters. The quantitative estimate of drug-likeness (QED) is 0.863. The predicted octanol–water partition coefficient (Wildman–Crippen LogP) is 3.57. The Morgan fingerprint density at radius 2 is 2.12 bits per heavy atom. The van der Waals surface area contributed by atoms with Crippen LogP contribution in [0.3, 0.4) is 0 Å². The first kappa shape index (κ1) is 12.1. The number of nitrogens with two attached hydrogens (primary N) is 1. The number of hydrogen-bond donors (Lipinski definition) is 1. The van der Waals surface area contributed by atoms with Gasteiger partial charge in [-0.3, -0.25) is 0 Å². The van der Waals surface area contributed by atoms with Gasteiger partial charge in [0, 0.05) is 11.8 Å². The topological polar surface area (TPSA) is 44.5 Å². The summed E-state index contributed by atoms with van der Waals surface area (Å²) in [5.41, 5.74) is 6.31. The lowest BCUT2D eigenvalue weighted by molar-refractivity contribution is 0.287. The van der Waals surface area contributed by atoms with Crippen LogP contribution in [0.5, 0.6) is 11.5 Å². The van der Waals surface area contributed by atoms with E-state index in [2.05, 4.69) is 0 Å². The SMILES string of the molecule is COc1cc(N)ccc1OCc1sccc1Cl. The first-order valence-corrected chi connectivity index (χ1v) is 6.24. The van der Waals surface area contributed by atoms with Crippen molar-refractivity contribution < 1.29 is 9.47 Å². The molecule has 0 bridgehead atoms. The molecule has 1 heterocycles. The van der Waals surface area contributed by atoms with Crippen LogP contribution in [-0.2, 0) is 6.61 Å². The van der Waals surface area contributed by atoms with E-state index in [1.165, 1.54) is 0 Å². The fourth-order valence-corrected chi connectivity index (χ4v) is 2.38. The third-order valence-corrected chi connectivity index (χ3v) is 3.60. The molecule has 0 amide bonds. The summed E-state index contributed by atoms with van der Waals surface area (Å²) in [5.74, 6) is 1.28. The predicted molar refractivity (Wildman–Crippen MR) is 71.1 cm³/mol. The average molecular weight is 270 g/mol. The van der Waals surface area contributed by atoms with Gasteiger partial charge in [-0.05, 0) is 23.6 Å². The molecule has 90 valence electrons. The van der Waals surface area contributed by atoms with Crippen LogP contribution in [0, 0.1) is 0 Å². The molecule has 5 heteroatoms. The lowest BCUT2D eigenvalue weighted by Crippen LogP contribution is -1.97. The molecular weight excluding hydrogens is 258 g/mol. The van der Waals surface area contributed by atoms with Crippen LogP contribution in [0.1, 0.15) is 4.88 Å². The van der Waals surface area contributed by atoms with Crippen molar-refractivity contribution in [1.82, 2.24) is 0 Å². The van der Waals surface area contributed by atoms with E-state index in [9.17, 15) is 0 Å². The Kier molecular flexibility index (Phi) is 3.76. The van der Waals surface area contributed by atoms with Crippen LogP contribution in [0.2, 0.25) is 5.02 Å². The molecular formula is C12H12ClNO2S. The van der Waals surface area contributed by atoms with Crippen molar-refractivity contribution in [1.29, 1.82) is 0 Å². The van der Waals surface area contributed by atoms with Gasteiger partial charge in [-0.15, -0.1) is 11.3 Å². The van der Waals surface area contributed by atoms with E-state index in [0.717, 1.165) is 9.90 Å². The molecule has 2 aromatic rings. The van der Waals surface area contributed by atoms with Crippen molar-refractivity contribution in [2.75, 3.05) is 12.8 Å². The van der Waals surface area contributed by atoms with Gasteiger partial charge in [0.1, 0.15) is 6.61 Å². The van der Waals surface area contributed by atoms with Crippen molar-refractivity contribution in [3.63, 3.8) is 0 Å². The Labute approximate surface area is 109 Å². The highest BCUT2D eigenvalue weighted by molar-refractivity contribution is 7.10. The summed E-state index contributed by atoms with van der Waals surface area (Å²) in [6.45, 7) is 0.427. The largest absolute Gasteiger partial charge is 0.493 e. The van der Waals surface area contributed by atoms with Gasteiger partial charge in [0.25, 0.3) is 0 Å². The highest BCUT2D eigenvalue weighted by Crippen LogP contribution is 2.31. The smallest absolute Gasteiger partial charge is 0.162 e. The third-order valence-electron chi connectivity index (χ3n) is 2.24. The summed E-state index contributed by atoms with van der Waals surface area (Å²) in [4.78, 5) is 0.991. The molecule has 0 aliphatic rings. The molecule has 0 saturated carbocycles. The van der Waals surface area contributed by atoms with Crippen molar-refractivity contribution in [2.45, 2.75) is 6.61 Å². The fourth-order valence-electron chi connectivity index (χ4n) is 1.37. The minimum Gasteiger partial charge on any atom is -0.493 e. The minimum absolute atomic E-state index is 0.427. The monoisotopic (exact) mass is 269 g/mol. The van der Waals surface area contributed by atoms with Crippen LogP contribution in [0.4, 0.5) is 5.69 Å². The zero-order chi connectivity index (χ0) is 12.3. The molecule has 3 nitrogen and oxygen atoms in total. The lowest BCUT2D eigenvalue weighted by atomic mass is 10.3. The molecule has 0 fully saturated rings. The Morgan fingerprint density at radius 3 is 2.76 bits per heavy atom. The Balaban J connectivity index is 2.11. The van der Waals surface area contributed by atoms with E-state index < -0.39 is 0 Å². The second-order valence-corrected chi connectivity index (χ2v) is 4.80. The normalized spacial score (nSPS) is 10.2. The lowest BCUT2D eigenvalue weighted by Gasteiger charge is -2.10. The van der Waals surface area contributed by atoms with Crippen molar-refractivity contribution in [3.05, 3.63) is 39.5 Å². The molecule has 0 aliphatic heterocycles. The molecule has 17 heavy (non-hydrogen) atoms. The summed E-state index contributed by atoms with van der Waals surface area (Å²) in [6.07, 6.45) is 0. The molecule has 1 aromatic carbocycles. The molecule has 2 N–H and O–H groups in total. The van der Waals surface area contributed by atoms with Gasteiger partial charge in [-0.25, -0.2) is 0 Å². The van der Waals surface area contributed by atoms with E-state index in [1.54, 1.807) is 36.6 Å². The number of nitrogen functional groups attached to an aromatic ring is 1. The number of hydrogen-bond acceptors (Lipinski definition) is 4. The number of rotatable bonds is 4. The fraction of sp³-hybridized carbons (Fsp3) is 0.167. The molecule has 0 saturated heterocycles. The first-order valence-electron chi connectivity index (χ1n) is 4.99. The maximum atomic E-state index is 5.98. The summed E-state index contributed by atoms with van der Waals surface area (Å²) >= 11 is 7.55. The van der Waals surface area contributed by atoms with E-state index in [-0.39, 0.29) is 0 Å². The Hall–Kier alpha value is -1.39. The number of halogens is 1. The van der Waals surface area contributed by atoms with Crippen LogP contribution in [0.25, 0.3) is 0 Å². The second-order valence-electron chi connectivity index (χ2n) is 3.39. The molecule has 0 aliphatic carbocycles. The zero-order valence-electron chi connectivity index (χ0n) is 9.27. The third kappa shape index (κ3) is 2.84. The van der Waals surface area contributed by atoms with Gasteiger partial charge in [-0.2, -0.15) is 0 Å². The van der Waals surface area contributed by atoms with Gasteiger partial charge >= 0.3 is 0 Å². The van der Waals surface area contributed by atoms with E-state index >= 15 is 0 Å². The van der Waals surface area contributed by atoms with Gasteiger partial charge in [0.05, 0.1) is 17.0 Å². The maximum absolute atomic E-state index is 5.98. The second kappa shape index (κ2) is 5.29. The van der Waals surface area contributed by atoms with Gasteiger partial charge in [0.2, 0.25) is 0 Å². The first-order chi connectivity index (χ1) is 8.20. The molecule has 1 aromatic heterocycles. The van der Waals surface area contributed by atoms with Crippen LogP contribution < -0.4 is 15.2 Å². The zero-order valence-corrected chi connectivity index (χ0v) is 10.8. The van der Waals surface area contributed by atoms with Crippen LogP contribution in [-0.4, -0.2) is 7.11 Å². The standard InChI is InChI=1S/C12H12ClNO2S/c1-15-11-6-8(14)2-3-10(11)16-7-12-9(13)4-5-17-12/h2-6H,7,14H2,1H3. The Bertz CT molecular complexity index is 513. The summed E-state index contributed by atoms with van der Waals surface area (Å²) in [7, 11) is 1.58. The van der Waals surface area contributed by atoms with E-state index in [4.69, 9.17) is 26.8 Å². The van der Waals surface area contributed by atoms with E-state index in [1.807, 2.05) is 11.4 Å².